The zero-order valence-electron chi connectivity index (χ0n) is 18.6. The molecule has 2 atom stereocenters. The van der Waals surface area contributed by atoms with E-state index in [1.165, 1.54) is 0 Å². The van der Waals surface area contributed by atoms with Crippen LogP contribution >= 0.6 is 0 Å². The number of carbonyl (C=O) groups excluding carboxylic acids is 2. The average molecular weight is 422 g/mol. The van der Waals surface area contributed by atoms with Crippen molar-refractivity contribution in [3.05, 3.63) is 71.3 Å². The fourth-order valence-electron chi connectivity index (χ4n) is 4.62. The highest BCUT2D eigenvalue weighted by Gasteiger charge is 2.44. The number of aryl methyl sites for hydroxylation is 1. The van der Waals surface area contributed by atoms with Gasteiger partial charge in [0.2, 0.25) is 5.91 Å². The summed E-state index contributed by atoms with van der Waals surface area (Å²) in [6.45, 7) is 10.9. The maximum Gasteiger partial charge on any atom is 0.240 e. The summed E-state index contributed by atoms with van der Waals surface area (Å²) in [6.07, 6.45) is 3.23. The predicted molar refractivity (Wildman–Crippen MR) is 119 cm³/mol. The second-order valence-corrected chi connectivity index (χ2v) is 8.50. The lowest BCUT2D eigenvalue weighted by atomic mass is 9.84. The Hall–Kier alpha value is -2.70. The number of hydrogen-bond donors (Lipinski definition) is 0. The summed E-state index contributed by atoms with van der Waals surface area (Å²) in [5.74, 6) is -0.307. The number of hydrogen-bond acceptors (Lipinski definition) is 5. The van der Waals surface area contributed by atoms with Crippen LogP contribution in [0.3, 0.4) is 0 Å². The molecular weight excluding hydrogens is 390 g/mol. The molecule has 2 aliphatic rings. The molecule has 2 aliphatic heterocycles. The largest absolute Gasteiger partial charge is 0.467 e. The minimum absolute atomic E-state index is 0.110. The average Bonchev–Trinajstić information content (AvgIpc) is 3.28. The smallest absolute Gasteiger partial charge is 0.240 e. The molecule has 1 fully saturated rings. The molecule has 0 spiro atoms. The Morgan fingerprint density at radius 3 is 2.35 bits per heavy atom. The third-order valence-electron chi connectivity index (χ3n) is 6.49. The van der Waals surface area contributed by atoms with Crippen molar-refractivity contribution in [1.82, 2.24) is 14.7 Å². The molecule has 0 radical (unpaired) electrons. The van der Waals surface area contributed by atoms with E-state index in [2.05, 4.69) is 41.0 Å². The first-order valence-corrected chi connectivity index (χ1v) is 11.1. The molecule has 0 aliphatic carbocycles. The molecule has 2 aromatic rings. The number of amides is 1. The number of nitrogens with zero attached hydrogens (tertiary/aromatic N) is 3. The van der Waals surface area contributed by atoms with Gasteiger partial charge in [0.15, 0.2) is 5.78 Å². The van der Waals surface area contributed by atoms with Crippen LogP contribution < -0.4 is 0 Å². The number of allylic oxidation sites excluding steroid dienone is 2. The molecule has 31 heavy (non-hydrogen) atoms. The molecule has 0 saturated carbocycles. The SMILES string of the molecule is CCN1CCN(C(c2ccc(C)cc2)C2C(=O)C=C(C)N(Cc3ccco3)C2=O)CC1. The Labute approximate surface area is 184 Å². The van der Waals surface area contributed by atoms with Crippen molar-refractivity contribution in [3.8, 4) is 0 Å². The summed E-state index contributed by atoms with van der Waals surface area (Å²) in [7, 11) is 0. The van der Waals surface area contributed by atoms with E-state index in [4.69, 9.17) is 4.42 Å². The van der Waals surface area contributed by atoms with Gasteiger partial charge >= 0.3 is 0 Å². The Morgan fingerprint density at radius 2 is 1.74 bits per heavy atom. The highest BCUT2D eigenvalue weighted by Crippen LogP contribution is 2.36. The van der Waals surface area contributed by atoms with E-state index in [0.29, 0.717) is 18.0 Å². The van der Waals surface area contributed by atoms with Gasteiger partial charge in [-0.2, -0.15) is 0 Å². The minimum Gasteiger partial charge on any atom is -0.467 e. The Bertz CT molecular complexity index is 941. The first-order valence-electron chi connectivity index (χ1n) is 11.1. The fraction of sp³-hybridized carbons (Fsp3) is 0.440. The van der Waals surface area contributed by atoms with Gasteiger partial charge in [-0.15, -0.1) is 0 Å². The third kappa shape index (κ3) is 4.50. The number of piperazine rings is 1. The number of likely N-dealkylation sites (N-methyl/N-ethyl adjacent to an activating group) is 1. The molecule has 1 saturated heterocycles. The molecule has 2 unspecified atom stereocenters. The van der Waals surface area contributed by atoms with Crippen LogP contribution in [0.1, 0.15) is 36.8 Å². The Balaban J connectivity index is 1.68. The lowest BCUT2D eigenvalue weighted by molar-refractivity contribution is -0.144. The van der Waals surface area contributed by atoms with Gasteiger partial charge in [0.05, 0.1) is 18.8 Å². The number of carbonyl (C=O) groups is 2. The topological polar surface area (TPSA) is 57.0 Å². The molecule has 1 aromatic carbocycles. The number of furan rings is 1. The van der Waals surface area contributed by atoms with Crippen LogP contribution in [0.25, 0.3) is 0 Å². The van der Waals surface area contributed by atoms with Gasteiger partial charge in [0.25, 0.3) is 0 Å². The number of rotatable bonds is 6. The molecule has 1 amide bonds. The van der Waals surface area contributed by atoms with E-state index in [1.54, 1.807) is 17.2 Å². The number of benzene rings is 1. The van der Waals surface area contributed by atoms with Crippen LogP contribution in [0.4, 0.5) is 0 Å². The van der Waals surface area contributed by atoms with Crippen molar-refractivity contribution >= 4 is 11.7 Å². The van der Waals surface area contributed by atoms with E-state index in [-0.39, 0.29) is 17.7 Å². The minimum atomic E-state index is -0.755. The van der Waals surface area contributed by atoms with Gasteiger partial charge in [-0.05, 0) is 38.1 Å². The second kappa shape index (κ2) is 9.20. The molecule has 6 nitrogen and oxygen atoms in total. The molecule has 1 aromatic heterocycles. The molecular formula is C25H31N3O3. The van der Waals surface area contributed by atoms with E-state index in [9.17, 15) is 9.59 Å². The summed E-state index contributed by atoms with van der Waals surface area (Å²) in [6, 6.07) is 11.6. The van der Waals surface area contributed by atoms with Gasteiger partial charge in [-0.25, -0.2) is 0 Å². The van der Waals surface area contributed by atoms with Crippen molar-refractivity contribution in [3.63, 3.8) is 0 Å². The molecule has 0 bridgehead atoms. The fourth-order valence-corrected chi connectivity index (χ4v) is 4.62. The van der Waals surface area contributed by atoms with Crippen molar-refractivity contribution in [1.29, 1.82) is 0 Å². The monoisotopic (exact) mass is 421 g/mol. The molecule has 6 heteroatoms. The van der Waals surface area contributed by atoms with Crippen molar-refractivity contribution in [2.45, 2.75) is 33.4 Å². The quantitative estimate of drug-likeness (QED) is 0.669. The third-order valence-corrected chi connectivity index (χ3v) is 6.49. The summed E-state index contributed by atoms with van der Waals surface area (Å²) in [4.78, 5) is 33.3. The zero-order chi connectivity index (χ0) is 22.0. The highest BCUT2D eigenvalue weighted by atomic mass is 16.3. The van der Waals surface area contributed by atoms with Crippen LogP contribution in [0.15, 0.2) is 58.9 Å². The summed E-state index contributed by atoms with van der Waals surface area (Å²) in [5, 5.41) is 0. The van der Waals surface area contributed by atoms with Gasteiger partial charge in [0.1, 0.15) is 11.7 Å². The van der Waals surface area contributed by atoms with Gasteiger partial charge in [0, 0.05) is 38.0 Å². The van der Waals surface area contributed by atoms with Crippen LogP contribution in [0.2, 0.25) is 0 Å². The summed E-state index contributed by atoms with van der Waals surface area (Å²) >= 11 is 0. The van der Waals surface area contributed by atoms with Crippen LogP contribution in [0, 0.1) is 12.8 Å². The van der Waals surface area contributed by atoms with Crippen molar-refractivity contribution < 1.29 is 14.0 Å². The molecule has 4 rings (SSSR count). The molecule has 164 valence electrons. The predicted octanol–water partition coefficient (Wildman–Crippen LogP) is 3.40. The normalized spacial score (nSPS) is 22.0. The summed E-state index contributed by atoms with van der Waals surface area (Å²) in [5.41, 5.74) is 2.85. The van der Waals surface area contributed by atoms with Crippen LogP contribution in [-0.4, -0.2) is 59.1 Å². The zero-order valence-corrected chi connectivity index (χ0v) is 18.6. The van der Waals surface area contributed by atoms with E-state index in [0.717, 1.165) is 43.9 Å². The first-order chi connectivity index (χ1) is 15.0. The maximum atomic E-state index is 13.7. The lowest BCUT2D eigenvalue weighted by Gasteiger charge is -2.43. The van der Waals surface area contributed by atoms with Gasteiger partial charge < -0.3 is 14.2 Å². The van der Waals surface area contributed by atoms with Crippen LogP contribution in [-0.2, 0) is 16.1 Å². The second-order valence-electron chi connectivity index (χ2n) is 8.50. The first kappa shape index (κ1) is 21.5. The Kier molecular flexibility index (Phi) is 6.39. The molecule has 0 N–H and O–H groups in total. The lowest BCUT2D eigenvalue weighted by Crippen LogP contribution is -2.53. The molecule has 3 heterocycles. The standard InChI is InChI=1S/C25H31N3O3/c1-4-26-11-13-27(14-12-26)24(20-9-7-18(2)8-10-20)23-22(29)16-19(3)28(25(23)30)17-21-6-5-15-31-21/h5-10,15-16,23-24H,4,11-14,17H2,1-3H3. The summed E-state index contributed by atoms with van der Waals surface area (Å²) < 4.78 is 5.47. The van der Waals surface area contributed by atoms with Crippen LogP contribution in [0.5, 0.6) is 0 Å². The van der Waals surface area contributed by atoms with Gasteiger partial charge in [-0.1, -0.05) is 36.8 Å². The number of ketones is 1. The van der Waals surface area contributed by atoms with Gasteiger partial charge in [-0.3, -0.25) is 14.5 Å². The highest BCUT2D eigenvalue weighted by molar-refractivity contribution is 6.10. The Morgan fingerprint density at radius 1 is 1.03 bits per heavy atom. The van der Waals surface area contributed by atoms with E-state index < -0.39 is 5.92 Å². The van der Waals surface area contributed by atoms with Crippen molar-refractivity contribution in [2.75, 3.05) is 32.7 Å². The van der Waals surface area contributed by atoms with Crippen molar-refractivity contribution in [2.24, 2.45) is 5.92 Å². The van der Waals surface area contributed by atoms with E-state index in [1.807, 2.05) is 26.0 Å². The van der Waals surface area contributed by atoms with E-state index >= 15 is 0 Å². The maximum absolute atomic E-state index is 13.7.